The average Bonchev–Trinajstić information content (AvgIpc) is 2.38. The molecule has 0 unspecified atom stereocenters. The van der Waals surface area contributed by atoms with Crippen molar-refractivity contribution >= 4 is 21.6 Å². The molecule has 1 aliphatic rings. The summed E-state index contributed by atoms with van der Waals surface area (Å²) in [4.78, 5) is 12.3. The van der Waals surface area contributed by atoms with Crippen LogP contribution in [0.15, 0.2) is 24.3 Å². The van der Waals surface area contributed by atoms with Crippen molar-refractivity contribution in [2.75, 3.05) is 11.0 Å². The molecule has 1 aliphatic carbocycles. The van der Waals surface area contributed by atoms with E-state index in [9.17, 15) is 13.2 Å². The first kappa shape index (κ1) is 14.8. The first-order valence-electron chi connectivity index (χ1n) is 6.83. The van der Waals surface area contributed by atoms with E-state index in [1.54, 1.807) is 24.3 Å². The van der Waals surface area contributed by atoms with Crippen molar-refractivity contribution < 1.29 is 13.2 Å². The van der Waals surface area contributed by atoms with Gasteiger partial charge < -0.3 is 5.32 Å². The van der Waals surface area contributed by atoms with Crippen LogP contribution < -0.4 is 10.0 Å². The third kappa shape index (κ3) is 4.23. The number of carbonyl (C=O) groups excluding carboxylic acids is 1. The molecule has 0 spiro atoms. The number of rotatable bonds is 4. The zero-order chi connectivity index (χ0) is 14.6. The highest BCUT2D eigenvalue weighted by atomic mass is 32.2. The van der Waals surface area contributed by atoms with E-state index in [2.05, 4.69) is 10.0 Å². The molecule has 6 heteroatoms. The topological polar surface area (TPSA) is 75.3 Å². The van der Waals surface area contributed by atoms with Crippen molar-refractivity contribution in [1.29, 1.82) is 0 Å². The molecule has 20 heavy (non-hydrogen) atoms. The third-order valence-electron chi connectivity index (χ3n) is 3.41. The fourth-order valence-corrected chi connectivity index (χ4v) is 3.06. The zero-order valence-corrected chi connectivity index (χ0v) is 12.4. The Kier molecular flexibility index (Phi) is 4.65. The lowest BCUT2D eigenvalue weighted by Crippen LogP contribution is -2.36. The lowest BCUT2D eigenvalue weighted by atomic mass is 9.95. The van der Waals surface area contributed by atoms with Gasteiger partial charge in [0.1, 0.15) is 0 Å². The van der Waals surface area contributed by atoms with Crippen LogP contribution in [-0.4, -0.2) is 26.6 Å². The van der Waals surface area contributed by atoms with Crippen LogP contribution in [0.2, 0.25) is 0 Å². The van der Waals surface area contributed by atoms with Crippen LogP contribution in [0, 0.1) is 0 Å². The normalized spacial score (nSPS) is 16.6. The van der Waals surface area contributed by atoms with Gasteiger partial charge in [0.05, 0.1) is 17.5 Å². The van der Waals surface area contributed by atoms with Crippen LogP contribution in [0.4, 0.5) is 5.69 Å². The molecule has 0 saturated heterocycles. The summed E-state index contributed by atoms with van der Waals surface area (Å²) in [5, 5.41) is 2.99. The Morgan fingerprint density at radius 1 is 1.15 bits per heavy atom. The maximum atomic E-state index is 12.3. The molecule has 2 rings (SSSR count). The standard InChI is InChI=1S/C14H20N2O3S/c1-20(18,19)16-13-10-6-5-9-12(13)14(17)15-11-7-3-2-4-8-11/h5-6,9-11,16H,2-4,7-8H2,1H3,(H,15,17). The van der Waals surface area contributed by atoms with Gasteiger partial charge in [-0.15, -0.1) is 0 Å². The van der Waals surface area contributed by atoms with E-state index < -0.39 is 10.0 Å². The van der Waals surface area contributed by atoms with Gasteiger partial charge in [-0.05, 0) is 25.0 Å². The fraction of sp³-hybridized carbons (Fsp3) is 0.500. The number of carbonyl (C=O) groups is 1. The fourth-order valence-electron chi connectivity index (χ4n) is 2.48. The molecule has 0 aliphatic heterocycles. The van der Waals surface area contributed by atoms with E-state index in [0.717, 1.165) is 31.9 Å². The minimum absolute atomic E-state index is 0.197. The molecule has 0 bridgehead atoms. The largest absolute Gasteiger partial charge is 0.349 e. The van der Waals surface area contributed by atoms with Crippen LogP contribution in [0.25, 0.3) is 0 Å². The van der Waals surface area contributed by atoms with Crippen LogP contribution >= 0.6 is 0 Å². The van der Waals surface area contributed by atoms with E-state index in [4.69, 9.17) is 0 Å². The Balaban J connectivity index is 2.12. The van der Waals surface area contributed by atoms with Crippen LogP contribution in [-0.2, 0) is 10.0 Å². The molecule has 1 aromatic carbocycles. The Bertz CT molecular complexity index is 578. The summed E-state index contributed by atoms with van der Waals surface area (Å²) in [5.74, 6) is -0.219. The number of para-hydroxylation sites is 1. The third-order valence-corrected chi connectivity index (χ3v) is 4.00. The molecule has 0 heterocycles. The zero-order valence-electron chi connectivity index (χ0n) is 11.6. The first-order chi connectivity index (χ1) is 9.46. The quantitative estimate of drug-likeness (QED) is 0.893. The molecule has 5 nitrogen and oxygen atoms in total. The predicted octanol–water partition coefficient (Wildman–Crippen LogP) is 2.12. The molecule has 1 fully saturated rings. The van der Waals surface area contributed by atoms with E-state index in [0.29, 0.717) is 11.3 Å². The van der Waals surface area contributed by atoms with Crippen LogP contribution in [0.3, 0.4) is 0 Å². The molecular weight excluding hydrogens is 276 g/mol. The first-order valence-corrected chi connectivity index (χ1v) is 8.72. The average molecular weight is 296 g/mol. The van der Waals surface area contributed by atoms with E-state index >= 15 is 0 Å². The Morgan fingerprint density at radius 3 is 2.45 bits per heavy atom. The van der Waals surface area contributed by atoms with Gasteiger partial charge in [0.25, 0.3) is 5.91 Å². The number of hydrogen-bond acceptors (Lipinski definition) is 3. The highest BCUT2D eigenvalue weighted by molar-refractivity contribution is 7.92. The monoisotopic (exact) mass is 296 g/mol. The van der Waals surface area contributed by atoms with Crippen molar-refractivity contribution in [3.05, 3.63) is 29.8 Å². The highest BCUT2D eigenvalue weighted by Crippen LogP contribution is 2.20. The van der Waals surface area contributed by atoms with Crippen molar-refractivity contribution in [3.63, 3.8) is 0 Å². The van der Waals surface area contributed by atoms with E-state index in [1.807, 2.05) is 0 Å². The lowest BCUT2D eigenvalue weighted by molar-refractivity contribution is 0.0928. The van der Waals surface area contributed by atoms with Crippen molar-refractivity contribution in [2.45, 2.75) is 38.1 Å². The predicted molar refractivity (Wildman–Crippen MR) is 79.2 cm³/mol. The van der Waals surface area contributed by atoms with Gasteiger partial charge in [0.15, 0.2) is 0 Å². The molecule has 0 atom stereocenters. The second-order valence-corrected chi connectivity index (χ2v) is 6.98. The number of benzene rings is 1. The van der Waals surface area contributed by atoms with Gasteiger partial charge in [0, 0.05) is 6.04 Å². The molecule has 1 amide bonds. The number of sulfonamides is 1. The maximum Gasteiger partial charge on any atom is 0.253 e. The second-order valence-electron chi connectivity index (χ2n) is 5.23. The summed E-state index contributed by atoms with van der Waals surface area (Å²) in [7, 11) is -3.40. The van der Waals surface area contributed by atoms with Gasteiger partial charge in [-0.2, -0.15) is 0 Å². The SMILES string of the molecule is CS(=O)(=O)Nc1ccccc1C(=O)NC1CCCCC1. The number of anilines is 1. The summed E-state index contributed by atoms with van der Waals surface area (Å²) in [6.07, 6.45) is 6.55. The number of nitrogens with one attached hydrogen (secondary N) is 2. The molecule has 0 aromatic heterocycles. The van der Waals surface area contributed by atoms with Crippen LogP contribution in [0.5, 0.6) is 0 Å². The van der Waals surface area contributed by atoms with Gasteiger partial charge in [0.2, 0.25) is 10.0 Å². The van der Waals surface area contributed by atoms with Gasteiger partial charge in [-0.25, -0.2) is 8.42 Å². The van der Waals surface area contributed by atoms with Gasteiger partial charge in [-0.3, -0.25) is 9.52 Å². The highest BCUT2D eigenvalue weighted by Gasteiger charge is 2.19. The smallest absolute Gasteiger partial charge is 0.253 e. The van der Waals surface area contributed by atoms with Gasteiger partial charge >= 0.3 is 0 Å². The van der Waals surface area contributed by atoms with Crippen molar-refractivity contribution in [2.24, 2.45) is 0 Å². The molecule has 1 saturated carbocycles. The Labute approximate surface area is 119 Å². The summed E-state index contributed by atoms with van der Waals surface area (Å²) >= 11 is 0. The molecule has 110 valence electrons. The van der Waals surface area contributed by atoms with Crippen molar-refractivity contribution in [3.8, 4) is 0 Å². The summed E-state index contributed by atoms with van der Waals surface area (Å²) in [6, 6.07) is 6.85. The van der Waals surface area contributed by atoms with E-state index in [-0.39, 0.29) is 11.9 Å². The molecule has 1 aromatic rings. The van der Waals surface area contributed by atoms with E-state index in [1.165, 1.54) is 6.42 Å². The summed E-state index contributed by atoms with van der Waals surface area (Å²) in [6.45, 7) is 0. The van der Waals surface area contributed by atoms with Crippen LogP contribution in [0.1, 0.15) is 42.5 Å². The number of amides is 1. The maximum absolute atomic E-state index is 12.3. The lowest BCUT2D eigenvalue weighted by Gasteiger charge is -2.23. The second kappa shape index (κ2) is 6.26. The van der Waals surface area contributed by atoms with Gasteiger partial charge in [-0.1, -0.05) is 31.4 Å². The molecular formula is C14H20N2O3S. The summed E-state index contributed by atoms with van der Waals surface area (Å²) < 4.78 is 25.0. The molecule has 2 N–H and O–H groups in total. The summed E-state index contributed by atoms with van der Waals surface area (Å²) in [5.41, 5.74) is 0.687. The Morgan fingerprint density at radius 2 is 1.80 bits per heavy atom. The minimum atomic E-state index is -3.40. The Hall–Kier alpha value is -1.56. The minimum Gasteiger partial charge on any atom is -0.349 e. The molecule has 0 radical (unpaired) electrons. The van der Waals surface area contributed by atoms with Crippen molar-refractivity contribution in [1.82, 2.24) is 5.32 Å². The number of hydrogen-bond donors (Lipinski definition) is 2.